The summed E-state index contributed by atoms with van der Waals surface area (Å²) in [5.74, 6) is -0.218. The lowest BCUT2D eigenvalue weighted by atomic mass is 10.2. The number of hydrogen-bond acceptors (Lipinski definition) is 4. The van der Waals surface area contributed by atoms with Gasteiger partial charge in [-0.2, -0.15) is 0 Å². The number of aromatic nitrogens is 2. The lowest BCUT2D eigenvalue weighted by Crippen LogP contribution is -2.32. The van der Waals surface area contributed by atoms with E-state index in [2.05, 4.69) is 4.98 Å². The minimum atomic E-state index is -3.68. The number of hydrogen-bond donors (Lipinski definition) is 0. The molecule has 0 aliphatic heterocycles. The van der Waals surface area contributed by atoms with Gasteiger partial charge in [-0.25, -0.2) is 13.4 Å². The zero-order valence-corrected chi connectivity index (χ0v) is 21.2. The third-order valence-corrected chi connectivity index (χ3v) is 7.25. The predicted octanol–water partition coefficient (Wildman–Crippen LogP) is 5.48. The second kappa shape index (κ2) is 10.7. The van der Waals surface area contributed by atoms with Crippen LogP contribution >= 0.6 is 23.2 Å². The molecule has 0 spiro atoms. The molecule has 0 fully saturated rings. The van der Waals surface area contributed by atoms with Crippen LogP contribution in [0.2, 0.25) is 10.0 Å². The highest BCUT2D eigenvalue weighted by Gasteiger charge is 2.26. The Balaban J connectivity index is 1.94. The van der Waals surface area contributed by atoms with Crippen LogP contribution in [0.4, 0.5) is 0 Å². The molecule has 0 atom stereocenters. The van der Waals surface area contributed by atoms with Gasteiger partial charge in [0, 0.05) is 18.1 Å². The lowest BCUT2D eigenvalue weighted by Gasteiger charge is -2.23. The number of benzene rings is 2. The van der Waals surface area contributed by atoms with Crippen molar-refractivity contribution in [2.75, 3.05) is 6.54 Å². The average molecular weight is 508 g/mol. The van der Waals surface area contributed by atoms with Gasteiger partial charge in [0.1, 0.15) is 0 Å². The molecule has 0 saturated carbocycles. The molecule has 0 unspecified atom stereocenters. The maximum atomic E-state index is 13.2. The van der Waals surface area contributed by atoms with Crippen molar-refractivity contribution in [3.63, 3.8) is 0 Å². The van der Waals surface area contributed by atoms with E-state index in [0.29, 0.717) is 34.9 Å². The Morgan fingerprint density at radius 3 is 2.42 bits per heavy atom. The summed E-state index contributed by atoms with van der Waals surface area (Å²) >= 11 is 12.2. The molecule has 1 heterocycles. The van der Waals surface area contributed by atoms with Crippen LogP contribution in [0.3, 0.4) is 0 Å². The summed E-state index contributed by atoms with van der Waals surface area (Å²) in [6, 6.07) is 13.8. The summed E-state index contributed by atoms with van der Waals surface area (Å²) < 4.78 is 28.1. The van der Waals surface area contributed by atoms with Crippen LogP contribution in [-0.4, -0.2) is 35.3 Å². The van der Waals surface area contributed by atoms with Crippen molar-refractivity contribution in [1.29, 1.82) is 0 Å². The van der Waals surface area contributed by atoms with Crippen molar-refractivity contribution in [3.05, 3.63) is 81.6 Å². The van der Waals surface area contributed by atoms with E-state index < -0.39 is 9.84 Å². The maximum Gasteiger partial charge on any atom is 0.255 e. The standard InChI is InChI=1S/C24H27Cl2N3O3S/c1-4-28(23(30)21-11-10-19(25)12-22(21)26)15-20-13-27-24(29(20)14-17(2)3)33(31,32)16-18-8-6-5-7-9-18/h5-13,17H,4,14-16H2,1-3H3. The summed E-state index contributed by atoms with van der Waals surface area (Å²) in [6.45, 7) is 6.96. The van der Waals surface area contributed by atoms with E-state index in [4.69, 9.17) is 23.2 Å². The van der Waals surface area contributed by atoms with Gasteiger partial charge >= 0.3 is 0 Å². The molecule has 0 N–H and O–H groups in total. The Bertz CT molecular complexity index is 1230. The molecule has 1 amide bonds. The minimum Gasteiger partial charge on any atom is -0.333 e. The molecule has 0 radical (unpaired) electrons. The van der Waals surface area contributed by atoms with Gasteiger partial charge in [0.2, 0.25) is 15.0 Å². The number of sulfone groups is 1. The molecule has 9 heteroatoms. The van der Waals surface area contributed by atoms with Crippen LogP contribution in [0.25, 0.3) is 0 Å². The number of nitrogens with zero attached hydrogens (tertiary/aromatic N) is 3. The summed E-state index contributed by atoms with van der Waals surface area (Å²) in [7, 11) is -3.68. The summed E-state index contributed by atoms with van der Waals surface area (Å²) in [5, 5.41) is 0.735. The molecule has 3 rings (SSSR count). The normalized spacial score (nSPS) is 11.7. The van der Waals surface area contributed by atoms with Crippen LogP contribution in [0.5, 0.6) is 0 Å². The van der Waals surface area contributed by atoms with Crippen molar-refractivity contribution >= 4 is 38.9 Å². The molecular weight excluding hydrogens is 481 g/mol. The monoisotopic (exact) mass is 507 g/mol. The Hall–Kier alpha value is -2.35. The van der Waals surface area contributed by atoms with Gasteiger partial charge in [-0.1, -0.05) is 67.4 Å². The van der Waals surface area contributed by atoms with E-state index in [1.165, 1.54) is 6.07 Å². The van der Waals surface area contributed by atoms with Gasteiger partial charge < -0.3 is 9.47 Å². The van der Waals surface area contributed by atoms with Crippen LogP contribution in [0.1, 0.15) is 42.4 Å². The van der Waals surface area contributed by atoms with Gasteiger partial charge in [0.25, 0.3) is 5.91 Å². The Labute approximate surface area is 205 Å². The van der Waals surface area contributed by atoms with Crippen molar-refractivity contribution in [1.82, 2.24) is 14.5 Å². The van der Waals surface area contributed by atoms with Gasteiger partial charge in [-0.15, -0.1) is 0 Å². The van der Waals surface area contributed by atoms with Crippen LogP contribution in [0.15, 0.2) is 59.9 Å². The second-order valence-corrected chi connectivity index (χ2v) is 11.0. The summed E-state index contributed by atoms with van der Waals surface area (Å²) in [4.78, 5) is 19.0. The van der Waals surface area contributed by atoms with Gasteiger partial charge in [0.15, 0.2) is 0 Å². The minimum absolute atomic E-state index is 0.0167. The molecule has 33 heavy (non-hydrogen) atoms. The third kappa shape index (κ3) is 6.16. The smallest absolute Gasteiger partial charge is 0.255 e. The Kier molecular flexibility index (Phi) is 8.21. The SMILES string of the molecule is CCN(Cc1cnc(S(=O)(=O)Cc2ccccc2)n1CC(C)C)C(=O)c1ccc(Cl)cc1Cl. The fourth-order valence-electron chi connectivity index (χ4n) is 3.54. The van der Waals surface area contributed by atoms with Crippen molar-refractivity contribution < 1.29 is 13.2 Å². The number of carbonyl (C=O) groups is 1. The van der Waals surface area contributed by atoms with E-state index in [0.717, 1.165) is 0 Å². The first kappa shape index (κ1) is 25.3. The molecule has 1 aromatic heterocycles. The highest BCUT2D eigenvalue weighted by molar-refractivity contribution is 7.90. The maximum absolute atomic E-state index is 13.2. The highest BCUT2D eigenvalue weighted by Crippen LogP contribution is 2.24. The van der Waals surface area contributed by atoms with E-state index >= 15 is 0 Å². The number of amides is 1. The van der Waals surface area contributed by atoms with E-state index in [1.54, 1.807) is 39.9 Å². The zero-order chi connectivity index (χ0) is 24.2. The van der Waals surface area contributed by atoms with Crippen molar-refractivity contribution in [2.45, 2.75) is 44.8 Å². The molecule has 176 valence electrons. The van der Waals surface area contributed by atoms with E-state index in [-0.39, 0.29) is 34.3 Å². The highest BCUT2D eigenvalue weighted by atomic mass is 35.5. The molecule has 6 nitrogen and oxygen atoms in total. The second-order valence-electron chi connectivity index (χ2n) is 8.22. The number of rotatable bonds is 9. The fraction of sp³-hybridized carbons (Fsp3) is 0.333. The number of halogens is 2. The molecule has 0 aliphatic carbocycles. The first-order valence-electron chi connectivity index (χ1n) is 10.7. The largest absolute Gasteiger partial charge is 0.333 e. The predicted molar refractivity (Wildman–Crippen MR) is 131 cm³/mol. The molecule has 3 aromatic rings. The Morgan fingerprint density at radius 2 is 1.82 bits per heavy atom. The van der Waals surface area contributed by atoms with Crippen molar-refractivity contribution in [3.8, 4) is 0 Å². The molecular formula is C24H27Cl2N3O3S. The first-order chi connectivity index (χ1) is 15.6. The topological polar surface area (TPSA) is 72.3 Å². The Morgan fingerprint density at radius 1 is 1.12 bits per heavy atom. The fourth-order valence-corrected chi connectivity index (χ4v) is 5.53. The molecule has 0 saturated heterocycles. The van der Waals surface area contributed by atoms with Crippen LogP contribution < -0.4 is 0 Å². The molecule has 2 aromatic carbocycles. The zero-order valence-electron chi connectivity index (χ0n) is 18.8. The average Bonchev–Trinajstić information content (AvgIpc) is 3.14. The van der Waals surface area contributed by atoms with Crippen molar-refractivity contribution in [2.24, 2.45) is 5.92 Å². The number of carbonyl (C=O) groups excluding carboxylic acids is 1. The quantitative estimate of drug-likeness (QED) is 0.384. The van der Waals surface area contributed by atoms with E-state index in [9.17, 15) is 13.2 Å². The van der Waals surface area contributed by atoms with Crippen LogP contribution in [0, 0.1) is 5.92 Å². The number of imidazole rings is 1. The molecule has 0 bridgehead atoms. The molecule has 0 aliphatic rings. The summed E-state index contributed by atoms with van der Waals surface area (Å²) in [6.07, 6.45) is 1.54. The van der Waals surface area contributed by atoms with Gasteiger partial charge in [-0.3, -0.25) is 4.79 Å². The lowest BCUT2D eigenvalue weighted by molar-refractivity contribution is 0.0748. The van der Waals surface area contributed by atoms with Crippen LogP contribution in [-0.2, 0) is 28.7 Å². The third-order valence-electron chi connectivity index (χ3n) is 5.11. The van der Waals surface area contributed by atoms with E-state index in [1.807, 2.05) is 39.0 Å². The van der Waals surface area contributed by atoms with Gasteiger partial charge in [0.05, 0.1) is 34.8 Å². The van der Waals surface area contributed by atoms with Gasteiger partial charge in [-0.05, 0) is 36.6 Å². The summed E-state index contributed by atoms with van der Waals surface area (Å²) in [5.41, 5.74) is 1.69. The first-order valence-corrected chi connectivity index (χ1v) is 13.1.